The predicted octanol–water partition coefficient (Wildman–Crippen LogP) is 8.57. The van der Waals surface area contributed by atoms with Crippen LogP contribution in [0.5, 0.6) is 5.75 Å². The number of cyclic esters (lactones) is 1. The second-order valence-electron chi connectivity index (χ2n) is 7.96. The van der Waals surface area contributed by atoms with Crippen molar-refractivity contribution >= 4 is 73.0 Å². The molecule has 0 aliphatic carbocycles. The molecule has 0 atom stereocenters. The Hall–Kier alpha value is -2.12. The lowest BCUT2D eigenvalue weighted by Gasteiger charge is -2.12. The van der Waals surface area contributed by atoms with Gasteiger partial charge in [-0.3, -0.25) is 0 Å². The molecular formula is C26H19Br2Cl2NO3. The van der Waals surface area contributed by atoms with Gasteiger partial charge in [0.2, 0.25) is 5.90 Å². The van der Waals surface area contributed by atoms with Gasteiger partial charge in [0.1, 0.15) is 12.4 Å². The predicted molar refractivity (Wildman–Crippen MR) is 144 cm³/mol. The molecule has 3 aromatic carbocycles. The first kappa shape index (κ1) is 25.0. The van der Waals surface area contributed by atoms with E-state index in [0.29, 0.717) is 43.2 Å². The van der Waals surface area contributed by atoms with Gasteiger partial charge in [0.15, 0.2) is 5.70 Å². The molecule has 4 rings (SSSR count). The van der Waals surface area contributed by atoms with Gasteiger partial charge in [-0.15, -0.1) is 0 Å². The van der Waals surface area contributed by atoms with Gasteiger partial charge in [0, 0.05) is 5.56 Å². The quantitative estimate of drug-likeness (QED) is 0.204. The van der Waals surface area contributed by atoms with Crippen molar-refractivity contribution in [3.05, 3.63) is 102 Å². The van der Waals surface area contributed by atoms with Crippen molar-refractivity contribution in [1.82, 2.24) is 0 Å². The zero-order valence-electron chi connectivity index (χ0n) is 18.2. The molecule has 1 heterocycles. The van der Waals surface area contributed by atoms with Gasteiger partial charge in [0.25, 0.3) is 0 Å². The summed E-state index contributed by atoms with van der Waals surface area (Å²) in [7, 11) is 0. The monoisotopic (exact) mass is 621 g/mol. The van der Waals surface area contributed by atoms with Crippen LogP contribution < -0.4 is 4.74 Å². The maximum absolute atomic E-state index is 12.4. The van der Waals surface area contributed by atoms with Crippen LogP contribution in [0.4, 0.5) is 0 Å². The number of ether oxygens (including phenoxy) is 2. The van der Waals surface area contributed by atoms with Crippen LogP contribution in [-0.2, 0) is 16.1 Å². The topological polar surface area (TPSA) is 47.9 Å². The SMILES string of the molecule is CC(C)c1ccc(C2=N/C(=C\c3cc(Br)c(OCc4ccc(Cl)c(Cl)c4)c(Br)c3)C(=O)O2)cc1. The van der Waals surface area contributed by atoms with Crippen molar-refractivity contribution in [3.8, 4) is 5.75 Å². The first-order valence-electron chi connectivity index (χ1n) is 10.4. The van der Waals surface area contributed by atoms with Gasteiger partial charge >= 0.3 is 5.97 Å². The third-order valence-electron chi connectivity index (χ3n) is 5.14. The van der Waals surface area contributed by atoms with Crippen LogP contribution >= 0.6 is 55.1 Å². The highest BCUT2D eigenvalue weighted by atomic mass is 79.9. The molecule has 3 aromatic rings. The number of nitrogens with zero attached hydrogens (tertiary/aromatic N) is 1. The number of carbonyl (C=O) groups is 1. The fourth-order valence-electron chi connectivity index (χ4n) is 3.29. The minimum atomic E-state index is -0.491. The van der Waals surface area contributed by atoms with E-state index >= 15 is 0 Å². The number of rotatable bonds is 6. The molecule has 1 aliphatic rings. The standard InChI is InChI=1S/C26H19Br2Cl2NO3/c1-14(2)17-4-6-18(7-5-17)25-31-23(26(32)34-25)12-16-9-19(27)24(20(28)10-16)33-13-15-3-8-21(29)22(30)11-15/h3-12,14H,13H2,1-2H3/b23-12-. The number of benzene rings is 3. The fraction of sp³-hybridized carbons (Fsp3) is 0.154. The molecule has 4 nitrogen and oxygen atoms in total. The normalized spacial score (nSPS) is 14.5. The molecule has 0 fully saturated rings. The Balaban J connectivity index is 1.53. The van der Waals surface area contributed by atoms with E-state index in [1.807, 2.05) is 42.5 Å². The third kappa shape index (κ3) is 5.74. The molecule has 34 heavy (non-hydrogen) atoms. The van der Waals surface area contributed by atoms with Gasteiger partial charge < -0.3 is 9.47 Å². The summed E-state index contributed by atoms with van der Waals surface area (Å²) in [6.45, 7) is 4.57. The van der Waals surface area contributed by atoms with Gasteiger partial charge in [-0.05, 0) is 96.9 Å². The third-order valence-corrected chi connectivity index (χ3v) is 7.05. The number of hydrogen-bond donors (Lipinski definition) is 0. The molecule has 0 bridgehead atoms. The molecule has 0 spiro atoms. The number of esters is 1. The van der Waals surface area contributed by atoms with E-state index in [4.69, 9.17) is 32.7 Å². The summed E-state index contributed by atoms with van der Waals surface area (Å²) in [5.41, 5.74) is 3.84. The lowest BCUT2D eigenvalue weighted by Crippen LogP contribution is -2.05. The zero-order valence-corrected chi connectivity index (χ0v) is 22.9. The Morgan fingerprint density at radius 2 is 1.68 bits per heavy atom. The first-order valence-corrected chi connectivity index (χ1v) is 12.7. The lowest BCUT2D eigenvalue weighted by atomic mass is 10.0. The molecule has 0 amide bonds. The minimum absolute atomic E-state index is 0.228. The fourth-order valence-corrected chi connectivity index (χ4v) is 5.06. The first-order chi connectivity index (χ1) is 16.2. The van der Waals surface area contributed by atoms with Crippen LogP contribution in [0, 0.1) is 0 Å². The number of aliphatic imine (C=N–C) groups is 1. The van der Waals surface area contributed by atoms with Gasteiger partial charge in [0.05, 0.1) is 19.0 Å². The average Bonchev–Trinajstić information content (AvgIpc) is 3.15. The van der Waals surface area contributed by atoms with Crippen molar-refractivity contribution in [3.63, 3.8) is 0 Å². The highest BCUT2D eigenvalue weighted by molar-refractivity contribution is 9.11. The Bertz CT molecular complexity index is 1300. The van der Waals surface area contributed by atoms with Crippen molar-refractivity contribution in [1.29, 1.82) is 0 Å². The molecule has 0 N–H and O–H groups in total. The van der Waals surface area contributed by atoms with Crippen LogP contribution in [0.1, 0.15) is 42.0 Å². The number of carbonyl (C=O) groups excluding carboxylic acids is 1. The van der Waals surface area contributed by atoms with Crippen LogP contribution in [0.2, 0.25) is 10.0 Å². The molecule has 0 unspecified atom stereocenters. The molecule has 0 radical (unpaired) electrons. The molecule has 8 heteroatoms. The Labute approximate surface area is 224 Å². The van der Waals surface area contributed by atoms with E-state index in [0.717, 1.165) is 16.7 Å². The summed E-state index contributed by atoms with van der Waals surface area (Å²) in [6.07, 6.45) is 1.68. The summed E-state index contributed by atoms with van der Waals surface area (Å²) >= 11 is 19.1. The number of halogens is 4. The molecule has 1 aliphatic heterocycles. The highest BCUT2D eigenvalue weighted by Crippen LogP contribution is 2.36. The molecular weight excluding hydrogens is 605 g/mol. The van der Waals surface area contributed by atoms with E-state index in [-0.39, 0.29) is 5.70 Å². The Morgan fingerprint density at radius 3 is 2.29 bits per heavy atom. The smallest absolute Gasteiger partial charge is 0.363 e. The van der Waals surface area contributed by atoms with Gasteiger partial charge in [-0.25, -0.2) is 9.79 Å². The van der Waals surface area contributed by atoms with Crippen LogP contribution in [-0.4, -0.2) is 11.9 Å². The molecule has 0 aromatic heterocycles. The van der Waals surface area contributed by atoms with E-state index in [2.05, 4.69) is 50.7 Å². The Kier molecular flexibility index (Phi) is 7.83. The summed E-state index contributed by atoms with van der Waals surface area (Å²) < 4.78 is 12.8. The van der Waals surface area contributed by atoms with E-state index in [9.17, 15) is 4.79 Å². The maximum Gasteiger partial charge on any atom is 0.363 e. The minimum Gasteiger partial charge on any atom is -0.487 e. The lowest BCUT2D eigenvalue weighted by molar-refractivity contribution is -0.129. The second kappa shape index (κ2) is 10.6. The van der Waals surface area contributed by atoms with E-state index in [1.165, 1.54) is 5.56 Å². The molecule has 0 saturated heterocycles. The summed E-state index contributed by atoms with van der Waals surface area (Å²) in [5.74, 6) is 0.850. The van der Waals surface area contributed by atoms with Gasteiger partial charge in [-0.2, -0.15) is 0 Å². The van der Waals surface area contributed by atoms with Crippen molar-refractivity contribution in [2.75, 3.05) is 0 Å². The average molecular weight is 624 g/mol. The second-order valence-corrected chi connectivity index (χ2v) is 10.5. The number of hydrogen-bond acceptors (Lipinski definition) is 4. The Morgan fingerprint density at radius 1 is 1.00 bits per heavy atom. The van der Waals surface area contributed by atoms with Crippen LogP contribution in [0.15, 0.2) is 74.2 Å². The summed E-state index contributed by atoms with van der Waals surface area (Å²) in [4.78, 5) is 16.8. The van der Waals surface area contributed by atoms with Gasteiger partial charge in [-0.1, -0.05) is 55.2 Å². The summed E-state index contributed by atoms with van der Waals surface area (Å²) in [5, 5.41) is 0.969. The van der Waals surface area contributed by atoms with Crippen molar-refractivity contribution in [2.45, 2.75) is 26.4 Å². The maximum atomic E-state index is 12.4. The van der Waals surface area contributed by atoms with Crippen LogP contribution in [0.25, 0.3) is 6.08 Å². The van der Waals surface area contributed by atoms with E-state index < -0.39 is 5.97 Å². The largest absolute Gasteiger partial charge is 0.487 e. The summed E-state index contributed by atoms with van der Waals surface area (Å²) in [6, 6.07) is 16.9. The van der Waals surface area contributed by atoms with Crippen molar-refractivity contribution < 1.29 is 14.3 Å². The highest BCUT2D eigenvalue weighted by Gasteiger charge is 2.24. The zero-order chi connectivity index (χ0) is 24.4. The van der Waals surface area contributed by atoms with Crippen LogP contribution in [0.3, 0.4) is 0 Å². The van der Waals surface area contributed by atoms with Crippen molar-refractivity contribution in [2.24, 2.45) is 4.99 Å². The van der Waals surface area contributed by atoms with E-state index in [1.54, 1.807) is 18.2 Å². The molecule has 174 valence electrons. The molecule has 0 saturated carbocycles.